The number of rotatable bonds is 4. The smallest absolute Gasteiger partial charge is 0.308 e. The summed E-state index contributed by atoms with van der Waals surface area (Å²) >= 11 is 1.71. The largest absolute Gasteiger partial charge is 0.481 e. The van der Waals surface area contributed by atoms with Gasteiger partial charge >= 0.3 is 5.97 Å². The fourth-order valence-electron chi connectivity index (χ4n) is 2.25. The summed E-state index contributed by atoms with van der Waals surface area (Å²) < 4.78 is 0. The average molecular weight is 239 g/mol. The summed E-state index contributed by atoms with van der Waals surface area (Å²) in [7, 11) is 0. The van der Waals surface area contributed by atoms with Crippen molar-refractivity contribution in [2.75, 3.05) is 6.54 Å². The van der Waals surface area contributed by atoms with Gasteiger partial charge in [-0.1, -0.05) is 13.3 Å². The van der Waals surface area contributed by atoms with Crippen molar-refractivity contribution in [3.05, 3.63) is 20.9 Å². The summed E-state index contributed by atoms with van der Waals surface area (Å²) in [5.41, 5.74) is 2.69. The molecule has 0 unspecified atom stereocenters. The van der Waals surface area contributed by atoms with Crippen LogP contribution in [0.3, 0.4) is 0 Å². The van der Waals surface area contributed by atoms with E-state index in [-0.39, 0.29) is 6.42 Å². The molecule has 1 aliphatic rings. The number of carbonyl (C=O) groups is 1. The number of thiophene rings is 1. The lowest BCUT2D eigenvalue weighted by atomic mass is 10.00. The summed E-state index contributed by atoms with van der Waals surface area (Å²) in [5, 5.41) is 12.3. The number of carboxylic acid groups (broad SMARTS) is 1. The Morgan fingerprint density at radius 2 is 2.38 bits per heavy atom. The molecule has 1 aliphatic heterocycles. The van der Waals surface area contributed by atoms with E-state index in [1.165, 1.54) is 16.0 Å². The van der Waals surface area contributed by atoms with E-state index < -0.39 is 5.97 Å². The number of hydrogen-bond donors (Lipinski definition) is 2. The van der Waals surface area contributed by atoms with Gasteiger partial charge in [-0.05, 0) is 24.0 Å². The molecule has 0 aromatic carbocycles. The molecule has 2 heterocycles. The molecule has 0 fully saturated rings. The topological polar surface area (TPSA) is 49.3 Å². The molecule has 16 heavy (non-hydrogen) atoms. The predicted molar refractivity (Wildman–Crippen MR) is 65.1 cm³/mol. The lowest BCUT2D eigenvalue weighted by Gasteiger charge is -2.14. The summed E-state index contributed by atoms with van der Waals surface area (Å²) in [6, 6.07) is 0. The minimum absolute atomic E-state index is 0.187. The Morgan fingerprint density at radius 1 is 1.56 bits per heavy atom. The van der Waals surface area contributed by atoms with Crippen LogP contribution in [0.15, 0.2) is 0 Å². The van der Waals surface area contributed by atoms with Gasteiger partial charge in [-0.2, -0.15) is 0 Å². The first kappa shape index (κ1) is 11.6. The summed E-state index contributed by atoms with van der Waals surface area (Å²) in [6.45, 7) is 4.08. The first-order valence-corrected chi connectivity index (χ1v) is 6.58. The van der Waals surface area contributed by atoms with E-state index in [1.54, 1.807) is 11.3 Å². The predicted octanol–water partition coefficient (Wildman–Crippen LogP) is 1.97. The molecule has 88 valence electrons. The van der Waals surface area contributed by atoms with Crippen LogP contribution in [0.4, 0.5) is 0 Å². The van der Waals surface area contributed by atoms with Crippen LogP contribution >= 0.6 is 11.3 Å². The highest BCUT2D eigenvalue weighted by molar-refractivity contribution is 7.12. The van der Waals surface area contributed by atoms with Crippen LogP contribution in [0.5, 0.6) is 0 Å². The molecule has 2 N–H and O–H groups in total. The fraction of sp³-hybridized carbons (Fsp3) is 0.583. The van der Waals surface area contributed by atoms with Gasteiger partial charge in [-0.3, -0.25) is 4.79 Å². The van der Waals surface area contributed by atoms with Crippen LogP contribution in [0.25, 0.3) is 0 Å². The van der Waals surface area contributed by atoms with Gasteiger partial charge in [0, 0.05) is 22.8 Å². The van der Waals surface area contributed by atoms with Gasteiger partial charge in [0.15, 0.2) is 0 Å². The minimum Gasteiger partial charge on any atom is -0.481 e. The number of hydrogen-bond acceptors (Lipinski definition) is 3. The van der Waals surface area contributed by atoms with Gasteiger partial charge in [-0.15, -0.1) is 11.3 Å². The zero-order valence-corrected chi connectivity index (χ0v) is 10.3. The van der Waals surface area contributed by atoms with Gasteiger partial charge in [0.1, 0.15) is 0 Å². The maximum Gasteiger partial charge on any atom is 0.308 e. The maximum absolute atomic E-state index is 10.8. The maximum atomic E-state index is 10.8. The molecule has 0 aliphatic carbocycles. The first-order chi connectivity index (χ1) is 7.72. The molecular weight excluding hydrogens is 222 g/mol. The molecule has 0 atom stereocenters. The molecule has 3 nitrogen and oxygen atoms in total. The van der Waals surface area contributed by atoms with Crippen molar-refractivity contribution >= 4 is 17.3 Å². The molecule has 0 radical (unpaired) electrons. The van der Waals surface area contributed by atoms with Crippen molar-refractivity contribution in [1.82, 2.24) is 5.32 Å². The van der Waals surface area contributed by atoms with E-state index in [4.69, 9.17) is 5.11 Å². The van der Waals surface area contributed by atoms with E-state index in [0.717, 1.165) is 37.2 Å². The summed E-state index contributed by atoms with van der Waals surface area (Å²) in [4.78, 5) is 13.3. The lowest BCUT2D eigenvalue weighted by Crippen LogP contribution is -2.23. The van der Waals surface area contributed by atoms with Crippen LogP contribution in [-0.2, 0) is 30.6 Å². The monoisotopic (exact) mass is 239 g/mol. The van der Waals surface area contributed by atoms with Gasteiger partial charge in [0.25, 0.3) is 0 Å². The highest BCUT2D eigenvalue weighted by Gasteiger charge is 2.20. The molecular formula is C12H17NO2S. The van der Waals surface area contributed by atoms with Gasteiger partial charge in [0.2, 0.25) is 0 Å². The third kappa shape index (κ3) is 2.28. The number of fused-ring (bicyclic) bond motifs is 1. The first-order valence-electron chi connectivity index (χ1n) is 5.77. The number of nitrogens with one attached hydrogen (secondary N) is 1. The van der Waals surface area contributed by atoms with Crippen molar-refractivity contribution in [2.45, 2.75) is 39.2 Å². The number of aliphatic carboxylic acids is 1. The van der Waals surface area contributed by atoms with Gasteiger partial charge < -0.3 is 10.4 Å². The Bertz CT molecular complexity index is 398. The van der Waals surface area contributed by atoms with E-state index in [2.05, 4.69) is 12.2 Å². The molecule has 0 amide bonds. The van der Waals surface area contributed by atoms with Crippen molar-refractivity contribution in [3.63, 3.8) is 0 Å². The van der Waals surface area contributed by atoms with E-state index in [9.17, 15) is 4.79 Å². The van der Waals surface area contributed by atoms with Crippen molar-refractivity contribution in [1.29, 1.82) is 0 Å². The highest BCUT2D eigenvalue weighted by Crippen LogP contribution is 2.32. The normalized spacial score (nSPS) is 14.8. The third-order valence-corrected chi connectivity index (χ3v) is 4.26. The van der Waals surface area contributed by atoms with Crippen LogP contribution in [0.2, 0.25) is 0 Å². The molecule has 1 aromatic heterocycles. The second kappa shape index (κ2) is 4.97. The van der Waals surface area contributed by atoms with Crippen LogP contribution in [-0.4, -0.2) is 17.6 Å². The SMILES string of the molecule is CCCc1c(CC(=O)O)sc2c1CNCC2. The minimum atomic E-state index is -0.719. The summed E-state index contributed by atoms with van der Waals surface area (Å²) in [6.07, 6.45) is 3.33. The molecule has 0 bridgehead atoms. The Balaban J connectivity index is 2.34. The number of carboxylic acids is 1. The van der Waals surface area contributed by atoms with E-state index in [1.807, 2.05) is 0 Å². The zero-order valence-electron chi connectivity index (χ0n) is 9.51. The van der Waals surface area contributed by atoms with Crippen LogP contribution in [0, 0.1) is 0 Å². The van der Waals surface area contributed by atoms with Crippen molar-refractivity contribution in [2.24, 2.45) is 0 Å². The van der Waals surface area contributed by atoms with E-state index in [0.29, 0.717) is 0 Å². The Morgan fingerprint density at radius 3 is 3.06 bits per heavy atom. The molecule has 0 spiro atoms. The zero-order chi connectivity index (χ0) is 11.5. The third-order valence-electron chi connectivity index (χ3n) is 2.93. The molecule has 0 saturated carbocycles. The molecule has 2 rings (SSSR count). The Hall–Kier alpha value is -0.870. The fourth-order valence-corrected chi connectivity index (χ4v) is 3.62. The van der Waals surface area contributed by atoms with Crippen molar-refractivity contribution in [3.8, 4) is 0 Å². The quantitative estimate of drug-likeness (QED) is 0.844. The van der Waals surface area contributed by atoms with Gasteiger partial charge in [0.05, 0.1) is 6.42 Å². The second-order valence-electron chi connectivity index (χ2n) is 4.15. The van der Waals surface area contributed by atoms with Crippen LogP contribution in [0.1, 0.15) is 34.2 Å². The van der Waals surface area contributed by atoms with E-state index >= 15 is 0 Å². The van der Waals surface area contributed by atoms with Gasteiger partial charge in [-0.25, -0.2) is 0 Å². The molecule has 0 saturated heterocycles. The Labute approximate surface area is 99.5 Å². The second-order valence-corrected chi connectivity index (χ2v) is 5.34. The summed E-state index contributed by atoms with van der Waals surface area (Å²) in [5.74, 6) is -0.719. The molecule has 4 heteroatoms. The average Bonchev–Trinajstić information content (AvgIpc) is 2.57. The lowest BCUT2D eigenvalue weighted by molar-refractivity contribution is -0.136. The highest BCUT2D eigenvalue weighted by atomic mass is 32.1. The standard InChI is InChI=1S/C12H17NO2S/c1-2-3-8-9-7-13-5-4-10(9)16-11(8)6-12(14)15/h13H,2-7H2,1H3,(H,14,15). The Kier molecular flexibility index (Phi) is 3.61. The van der Waals surface area contributed by atoms with Crippen molar-refractivity contribution < 1.29 is 9.90 Å². The van der Waals surface area contributed by atoms with Crippen LogP contribution < -0.4 is 5.32 Å². The molecule has 1 aromatic rings.